The fourth-order valence-corrected chi connectivity index (χ4v) is 2.59. The van der Waals surface area contributed by atoms with E-state index in [-0.39, 0.29) is 11.9 Å². The number of hydrogen-bond donors (Lipinski definition) is 1. The Labute approximate surface area is 126 Å². The second-order valence-corrected chi connectivity index (χ2v) is 5.15. The zero-order valence-corrected chi connectivity index (χ0v) is 12.1. The number of nitrogens with zero attached hydrogens (tertiary/aromatic N) is 2. The molecular weight excluding hydrogens is 289 g/mol. The lowest BCUT2D eigenvalue weighted by atomic mass is 10.1. The number of rotatable bonds is 3. The Morgan fingerprint density at radius 3 is 2.71 bits per heavy atom. The van der Waals surface area contributed by atoms with Crippen molar-refractivity contribution in [1.29, 1.82) is 0 Å². The number of aromatic nitrogens is 2. The SMILES string of the molecule is CC(Nc1ncnc2cccc(F)c12)c1ccccc1Cl. The molecule has 5 heteroatoms. The Morgan fingerprint density at radius 2 is 1.90 bits per heavy atom. The standard InChI is InChI=1S/C16H13ClFN3/c1-10(11-5-2-3-6-12(11)17)21-16-15-13(18)7-4-8-14(15)19-9-20-16/h2-10H,1H3,(H,19,20,21). The maximum atomic E-state index is 14.0. The number of benzene rings is 2. The molecule has 0 saturated carbocycles. The Bertz CT molecular complexity index is 786. The largest absolute Gasteiger partial charge is 0.363 e. The average molecular weight is 302 g/mol. The molecule has 0 aliphatic heterocycles. The molecule has 1 heterocycles. The van der Waals surface area contributed by atoms with Crippen LogP contribution >= 0.6 is 11.6 Å². The Kier molecular flexibility index (Phi) is 3.71. The van der Waals surface area contributed by atoms with Crippen LogP contribution in [-0.2, 0) is 0 Å². The normalized spacial score (nSPS) is 12.3. The number of anilines is 1. The van der Waals surface area contributed by atoms with E-state index in [0.29, 0.717) is 21.7 Å². The van der Waals surface area contributed by atoms with Gasteiger partial charge in [0.2, 0.25) is 0 Å². The van der Waals surface area contributed by atoms with Gasteiger partial charge in [0.1, 0.15) is 18.0 Å². The first-order valence-corrected chi connectivity index (χ1v) is 6.95. The number of hydrogen-bond acceptors (Lipinski definition) is 3. The molecule has 0 aliphatic rings. The molecule has 0 amide bonds. The first kappa shape index (κ1) is 13.8. The minimum absolute atomic E-state index is 0.101. The summed E-state index contributed by atoms with van der Waals surface area (Å²) in [6.07, 6.45) is 1.42. The van der Waals surface area contributed by atoms with Crippen molar-refractivity contribution in [3.05, 3.63) is 65.2 Å². The molecule has 0 spiro atoms. The summed E-state index contributed by atoms with van der Waals surface area (Å²) in [7, 11) is 0. The van der Waals surface area contributed by atoms with Crippen LogP contribution in [0.2, 0.25) is 5.02 Å². The summed E-state index contributed by atoms with van der Waals surface area (Å²) in [6.45, 7) is 1.95. The monoisotopic (exact) mass is 301 g/mol. The van der Waals surface area contributed by atoms with Crippen LogP contribution in [0, 0.1) is 5.82 Å². The van der Waals surface area contributed by atoms with Gasteiger partial charge in [-0.15, -0.1) is 0 Å². The maximum Gasteiger partial charge on any atom is 0.140 e. The summed E-state index contributed by atoms with van der Waals surface area (Å²) in [6, 6.07) is 12.2. The molecule has 1 N–H and O–H groups in total. The summed E-state index contributed by atoms with van der Waals surface area (Å²) in [5.74, 6) is 0.118. The quantitative estimate of drug-likeness (QED) is 0.768. The minimum Gasteiger partial charge on any atom is -0.363 e. The summed E-state index contributed by atoms with van der Waals surface area (Å²) in [4.78, 5) is 8.24. The van der Waals surface area contributed by atoms with Gasteiger partial charge in [-0.25, -0.2) is 14.4 Å². The summed E-state index contributed by atoms with van der Waals surface area (Å²) < 4.78 is 14.0. The lowest BCUT2D eigenvalue weighted by Gasteiger charge is -2.17. The van der Waals surface area contributed by atoms with Gasteiger partial charge in [-0.05, 0) is 30.7 Å². The first-order valence-electron chi connectivity index (χ1n) is 6.57. The van der Waals surface area contributed by atoms with Crippen molar-refractivity contribution in [2.75, 3.05) is 5.32 Å². The zero-order valence-electron chi connectivity index (χ0n) is 11.3. The minimum atomic E-state index is -0.345. The lowest BCUT2D eigenvalue weighted by Crippen LogP contribution is -2.09. The molecule has 0 aliphatic carbocycles. The van der Waals surface area contributed by atoms with E-state index in [1.54, 1.807) is 12.1 Å². The van der Waals surface area contributed by atoms with Crippen molar-refractivity contribution < 1.29 is 4.39 Å². The fourth-order valence-electron chi connectivity index (χ4n) is 2.29. The molecular formula is C16H13ClFN3. The van der Waals surface area contributed by atoms with E-state index < -0.39 is 0 Å². The maximum absolute atomic E-state index is 14.0. The molecule has 0 fully saturated rings. The van der Waals surface area contributed by atoms with Crippen LogP contribution in [0.1, 0.15) is 18.5 Å². The highest BCUT2D eigenvalue weighted by atomic mass is 35.5. The third-order valence-corrected chi connectivity index (χ3v) is 3.68. The van der Waals surface area contributed by atoms with E-state index in [1.165, 1.54) is 12.4 Å². The van der Waals surface area contributed by atoms with E-state index in [2.05, 4.69) is 15.3 Å². The van der Waals surface area contributed by atoms with Gasteiger partial charge in [0.25, 0.3) is 0 Å². The fraction of sp³-hybridized carbons (Fsp3) is 0.125. The van der Waals surface area contributed by atoms with Crippen LogP contribution in [0.15, 0.2) is 48.8 Å². The molecule has 0 saturated heterocycles. The van der Waals surface area contributed by atoms with Crippen molar-refractivity contribution in [1.82, 2.24) is 9.97 Å². The molecule has 3 rings (SSSR count). The van der Waals surface area contributed by atoms with Crippen molar-refractivity contribution in [3.63, 3.8) is 0 Å². The van der Waals surface area contributed by atoms with Crippen LogP contribution in [0.5, 0.6) is 0 Å². The van der Waals surface area contributed by atoms with Crippen LogP contribution in [0.3, 0.4) is 0 Å². The van der Waals surface area contributed by atoms with Crippen molar-refractivity contribution in [3.8, 4) is 0 Å². The molecule has 21 heavy (non-hydrogen) atoms. The number of nitrogens with one attached hydrogen (secondary N) is 1. The van der Waals surface area contributed by atoms with Gasteiger partial charge in [-0.2, -0.15) is 0 Å². The number of fused-ring (bicyclic) bond motifs is 1. The predicted molar refractivity (Wildman–Crippen MR) is 83.0 cm³/mol. The summed E-state index contributed by atoms with van der Waals surface area (Å²) in [5.41, 5.74) is 1.50. The first-order chi connectivity index (χ1) is 10.2. The topological polar surface area (TPSA) is 37.8 Å². The van der Waals surface area contributed by atoms with E-state index in [9.17, 15) is 4.39 Å². The third-order valence-electron chi connectivity index (χ3n) is 3.34. The molecule has 0 bridgehead atoms. The second kappa shape index (κ2) is 5.66. The molecule has 1 atom stereocenters. The molecule has 0 radical (unpaired) electrons. The molecule has 2 aromatic carbocycles. The van der Waals surface area contributed by atoms with Crippen LogP contribution < -0.4 is 5.32 Å². The number of halogens is 2. The van der Waals surface area contributed by atoms with Crippen LogP contribution in [0.4, 0.5) is 10.2 Å². The van der Waals surface area contributed by atoms with Crippen molar-refractivity contribution >= 4 is 28.3 Å². The van der Waals surface area contributed by atoms with E-state index in [1.807, 2.05) is 31.2 Å². The highest BCUT2D eigenvalue weighted by Gasteiger charge is 2.13. The summed E-state index contributed by atoms with van der Waals surface area (Å²) >= 11 is 6.19. The molecule has 1 aromatic heterocycles. The summed E-state index contributed by atoms with van der Waals surface area (Å²) in [5, 5.41) is 4.26. The average Bonchev–Trinajstić information content (AvgIpc) is 2.48. The highest BCUT2D eigenvalue weighted by molar-refractivity contribution is 6.31. The lowest BCUT2D eigenvalue weighted by molar-refractivity contribution is 0.639. The Morgan fingerprint density at radius 1 is 1.10 bits per heavy atom. The van der Waals surface area contributed by atoms with E-state index in [0.717, 1.165) is 5.56 Å². The van der Waals surface area contributed by atoms with Gasteiger partial charge >= 0.3 is 0 Å². The Hall–Kier alpha value is -2.20. The highest BCUT2D eigenvalue weighted by Crippen LogP contribution is 2.28. The molecule has 3 nitrogen and oxygen atoms in total. The van der Waals surface area contributed by atoms with Gasteiger partial charge in [-0.1, -0.05) is 35.9 Å². The van der Waals surface area contributed by atoms with Gasteiger partial charge in [0.15, 0.2) is 0 Å². The smallest absolute Gasteiger partial charge is 0.140 e. The van der Waals surface area contributed by atoms with Crippen LogP contribution in [0.25, 0.3) is 10.9 Å². The van der Waals surface area contributed by atoms with Gasteiger partial charge in [0.05, 0.1) is 16.9 Å². The molecule has 1 unspecified atom stereocenters. The third kappa shape index (κ3) is 2.67. The van der Waals surface area contributed by atoms with E-state index in [4.69, 9.17) is 11.6 Å². The Balaban J connectivity index is 2.01. The van der Waals surface area contributed by atoms with Crippen molar-refractivity contribution in [2.24, 2.45) is 0 Å². The van der Waals surface area contributed by atoms with Gasteiger partial charge in [0, 0.05) is 5.02 Å². The van der Waals surface area contributed by atoms with E-state index >= 15 is 0 Å². The van der Waals surface area contributed by atoms with Crippen molar-refractivity contribution in [2.45, 2.75) is 13.0 Å². The van der Waals surface area contributed by atoms with Gasteiger partial charge < -0.3 is 5.32 Å². The molecule has 3 aromatic rings. The van der Waals surface area contributed by atoms with Crippen LogP contribution in [-0.4, -0.2) is 9.97 Å². The van der Waals surface area contributed by atoms with Gasteiger partial charge in [-0.3, -0.25) is 0 Å². The predicted octanol–water partition coefficient (Wildman–Crippen LogP) is 4.60. The second-order valence-electron chi connectivity index (χ2n) is 4.74. The zero-order chi connectivity index (χ0) is 14.8. The molecule has 106 valence electrons.